The number of fused-ring (bicyclic) bond motifs is 2. The minimum Gasteiger partial charge on any atom is -0.481 e. The number of hydrogen-bond acceptors (Lipinski definition) is 8. The summed E-state index contributed by atoms with van der Waals surface area (Å²) in [4.78, 5) is 85.6. The third-order valence-electron chi connectivity index (χ3n) is 12.2. The Morgan fingerprint density at radius 3 is 2.27 bits per heavy atom. The van der Waals surface area contributed by atoms with Crippen molar-refractivity contribution in [2.75, 3.05) is 6.54 Å². The third-order valence-corrected chi connectivity index (χ3v) is 12.2. The first-order chi connectivity index (χ1) is 29.5. The molecule has 6 bridgehead atoms. The van der Waals surface area contributed by atoms with E-state index in [0.29, 0.717) is 34.8 Å². The summed E-state index contributed by atoms with van der Waals surface area (Å²) in [6, 6.07) is -1.67. The van der Waals surface area contributed by atoms with Crippen molar-refractivity contribution in [2.24, 2.45) is 21.8 Å². The van der Waals surface area contributed by atoms with Gasteiger partial charge in [-0.1, -0.05) is 45.8 Å². The molecule has 328 valence electrons. The molecule has 16 nitrogen and oxygen atoms in total. The molecular weight excluding hydrogens is 797 g/mol. The summed E-state index contributed by atoms with van der Waals surface area (Å²) in [6.45, 7) is 11.9. The van der Waals surface area contributed by atoms with Gasteiger partial charge >= 0.3 is 23.9 Å². The number of amides is 2. The van der Waals surface area contributed by atoms with Gasteiger partial charge in [-0.05, 0) is 80.5 Å². The highest BCUT2D eigenvalue weighted by molar-refractivity contribution is 6.23. The minimum atomic E-state index is -1.67. The van der Waals surface area contributed by atoms with E-state index in [0.717, 1.165) is 57.9 Å². The zero-order valence-corrected chi connectivity index (χ0v) is 35.9. The number of carboxylic acid groups (broad SMARTS) is 4. The van der Waals surface area contributed by atoms with Crippen molar-refractivity contribution in [3.05, 3.63) is 73.0 Å². The molecule has 4 aliphatic heterocycles. The molecule has 0 aliphatic carbocycles. The summed E-state index contributed by atoms with van der Waals surface area (Å²) in [7, 11) is 0. The molecule has 2 aromatic rings. The maximum atomic E-state index is 14.7. The van der Waals surface area contributed by atoms with Gasteiger partial charge in [0, 0.05) is 59.1 Å². The van der Waals surface area contributed by atoms with E-state index in [1.165, 1.54) is 0 Å². The zero-order valence-electron chi connectivity index (χ0n) is 35.9. The van der Waals surface area contributed by atoms with Crippen molar-refractivity contribution in [1.29, 1.82) is 0 Å². The van der Waals surface area contributed by atoms with Crippen molar-refractivity contribution < 1.29 is 49.2 Å². The molecule has 4 aliphatic rings. The van der Waals surface area contributed by atoms with Crippen LogP contribution < -0.4 is 21.3 Å². The monoisotopic (exact) mass is 850 g/mol. The Bertz CT molecular complexity index is 2590. The van der Waals surface area contributed by atoms with E-state index in [9.17, 15) is 44.1 Å². The van der Waals surface area contributed by atoms with E-state index in [-0.39, 0.29) is 55.2 Å². The Labute approximate surface area is 358 Å². The molecule has 6 rings (SSSR count). The van der Waals surface area contributed by atoms with E-state index in [1.807, 2.05) is 37.5 Å². The second-order valence-corrected chi connectivity index (χ2v) is 16.2. The topological polar surface area (TPSA) is 242 Å². The van der Waals surface area contributed by atoms with Gasteiger partial charge in [0.1, 0.15) is 12.7 Å². The van der Waals surface area contributed by atoms with Crippen LogP contribution in [0.3, 0.4) is 0 Å². The molecule has 0 saturated carbocycles. The van der Waals surface area contributed by atoms with Gasteiger partial charge in [-0.25, -0.2) is 9.79 Å². The number of hydrogen-bond donors (Lipinski definition) is 6. The summed E-state index contributed by atoms with van der Waals surface area (Å²) in [5.41, 5.74) is 8.26. The fourth-order valence-corrected chi connectivity index (χ4v) is 8.95. The molecular formula is C46H54N6O10. The van der Waals surface area contributed by atoms with Crippen LogP contribution in [0.2, 0.25) is 0 Å². The van der Waals surface area contributed by atoms with Gasteiger partial charge in [0.15, 0.2) is 0 Å². The molecule has 62 heavy (non-hydrogen) atoms. The number of aromatic nitrogens is 2. The van der Waals surface area contributed by atoms with Crippen LogP contribution in [0.1, 0.15) is 124 Å². The summed E-state index contributed by atoms with van der Waals surface area (Å²) >= 11 is 0. The second-order valence-electron chi connectivity index (χ2n) is 16.2. The van der Waals surface area contributed by atoms with Crippen molar-refractivity contribution in [2.45, 2.75) is 112 Å². The van der Waals surface area contributed by atoms with E-state index in [4.69, 9.17) is 15.1 Å². The molecule has 0 radical (unpaired) electrons. The molecule has 0 spiro atoms. The van der Waals surface area contributed by atoms with Crippen molar-refractivity contribution >= 4 is 77.0 Å². The first-order valence-electron chi connectivity index (χ1n) is 21.1. The van der Waals surface area contributed by atoms with E-state index in [1.54, 1.807) is 6.92 Å². The van der Waals surface area contributed by atoms with Crippen LogP contribution in [0.25, 0.3) is 29.9 Å². The van der Waals surface area contributed by atoms with E-state index >= 15 is 0 Å². The molecule has 0 saturated heterocycles. The largest absolute Gasteiger partial charge is 0.481 e. The highest BCUT2D eigenvalue weighted by Crippen LogP contribution is 2.44. The van der Waals surface area contributed by atoms with Crippen LogP contribution in [-0.2, 0) is 30.6 Å². The number of unbranched alkanes of at least 4 members (excludes halogenated alkanes) is 2. The van der Waals surface area contributed by atoms with Crippen LogP contribution in [0.5, 0.6) is 0 Å². The van der Waals surface area contributed by atoms with Crippen molar-refractivity contribution in [3.63, 3.8) is 0 Å². The predicted molar refractivity (Wildman–Crippen MR) is 234 cm³/mol. The quantitative estimate of drug-likeness (QED) is 0.114. The van der Waals surface area contributed by atoms with Crippen molar-refractivity contribution in [3.8, 4) is 0 Å². The molecule has 0 aromatic carbocycles. The normalized spacial score (nSPS) is 18.1. The first kappa shape index (κ1) is 45.0. The molecule has 0 unspecified atom stereocenters. The smallest absolute Gasteiger partial charge is 0.326 e. The minimum absolute atomic E-state index is 0.129. The number of carbonyl (C=O) groups excluding carboxylic acids is 2. The lowest BCUT2D eigenvalue weighted by molar-refractivity contribution is -0.147. The van der Waals surface area contributed by atoms with Gasteiger partial charge in [-0.3, -0.25) is 29.0 Å². The van der Waals surface area contributed by atoms with Gasteiger partial charge in [0.25, 0.3) is 5.91 Å². The van der Waals surface area contributed by atoms with Crippen molar-refractivity contribution in [1.82, 2.24) is 19.8 Å². The molecule has 6 N–H and O–H groups in total. The fraction of sp³-hybridized carbons (Fsp3) is 0.435. The molecule has 2 aromatic heterocycles. The lowest BCUT2D eigenvalue weighted by Crippen LogP contribution is -2.43. The fourth-order valence-electron chi connectivity index (χ4n) is 8.95. The number of nitrogens with one attached hydrogen (secondary N) is 2. The maximum Gasteiger partial charge on any atom is 0.326 e. The number of allylic oxidation sites excluding steroid dienone is 4. The number of aliphatic imine (C=N–C) groups is 2. The number of nitrogens with zero attached hydrogens (tertiary/aromatic N) is 4. The van der Waals surface area contributed by atoms with Gasteiger partial charge < -0.3 is 40.2 Å². The summed E-state index contributed by atoms with van der Waals surface area (Å²) in [6.07, 6.45) is 12.1. The molecule has 0 fully saturated rings. The van der Waals surface area contributed by atoms with E-state index in [2.05, 4.69) is 47.3 Å². The maximum absolute atomic E-state index is 14.7. The van der Waals surface area contributed by atoms with Gasteiger partial charge in [-0.2, -0.15) is 0 Å². The average molecular weight is 851 g/mol. The SMILES string of the molecule is CCCC/C=C/c1c(C)c2n3c1=CC1=NC(=Cc4c(C)c(C(=O)NCCC(=O)N[C@@H](CC(=O)O)C(=O)O)c(n4C3)C(CC(=O)O)=C3N=C(C=2)[C@@H](C)[C@@H]3CCC(=O)O)C(CC)=C1C. The first-order valence-corrected chi connectivity index (χ1v) is 21.1. The summed E-state index contributed by atoms with van der Waals surface area (Å²) < 4.78 is 4.07. The Balaban J connectivity index is 1.65. The van der Waals surface area contributed by atoms with Gasteiger partial charge in [0.2, 0.25) is 5.91 Å². The average Bonchev–Trinajstić information content (AvgIpc) is 3.84. The number of rotatable bonds is 18. The Morgan fingerprint density at radius 1 is 0.887 bits per heavy atom. The lowest BCUT2D eigenvalue weighted by Gasteiger charge is -2.22. The highest BCUT2D eigenvalue weighted by atomic mass is 16.4. The van der Waals surface area contributed by atoms with Crippen LogP contribution in [0.4, 0.5) is 0 Å². The lowest BCUT2D eigenvalue weighted by atomic mass is 9.84. The number of aliphatic carboxylic acids is 4. The Hall–Kier alpha value is -6.58. The van der Waals surface area contributed by atoms with Crippen LogP contribution in [0, 0.1) is 25.7 Å². The van der Waals surface area contributed by atoms with Crippen LogP contribution >= 0.6 is 0 Å². The van der Waals surface area contributed by atoms with E-state index < -0.39 is 60.5 Å². The van der Waals surface area contributed by atoms with Gasteiger partial charge in [-0.15, -0.1) is 0 Å². The zero-order chi connectivity index (χ0) is 45.2. The second kappa shape index (κ2) is 18.6. The third kappa shape index (κ3) is 8.90. The summed E-state index contributed by atoms with van der Waals surface area (Å²) in [5, 5.41) is 45.6. The number of carboxylic acids is 4. The standard InChI is InChI=1S/C46H54N6O10/c1-7-9-10-11-12-28-25(5)35-18-32-24(4)29(13-14-39(54)55)43(50-32)30(17-40(56)57)44-42(45(60)47-16-15-38(53)49-34(46(61)62)21-41(58)59)26(6)36-20-33-27(8-2)23(3)31(48-33)19-37(28)51(35)22-52(36)44/h11-12,18-20,24,29,34H,7-10,13-17,21-22H2,1-6H3,(H,47,60)(H,49,53)(H,54,55)(H,56,57)(H,58,59)(H,61,62)/b12-11+,31-19?,32-18?,33-20?,35-18?,36-20?,37-19?,43-30?,44-30?/t24-,29-,34-/m0/s1. The summed E-state index contributed by atoms with van der Waals surface area (Å²) in [5.74, 6) is -7.41. The Kier molecular flexibility index (Phi) is 13.5. The van der Waals surface area contributed by atoms with Gasteiger partial charge in [0.05, 0.1) is 46.6 Å². The van der Waals surface area contributed by atoms with Crippen LogP contribution in [-0.4, -0.2) is 89.3 Å². The Morgan fingerprint density at radius 2 is 1.63 bits per heavy atom. The van der Waals surface area contributed by atoms with Crippen LogP contribution in [0.15, 0.2) is 38.6 Å². The molecule has 6 heterocycles. The highest BCUT2D eigenvalue weighted by Gasteiger charge is 2.38. The molecule has 3 atom stereocenters. The molecule has 16 heteroatoms. The molecule has 2 amide bonds. The number of carbonyl (C=O) groups is 6. The predicted octanol–water partition coefficient (Wildman–Crippen LogP) is 4.65.